The van der Waals surface area contributed by atoms with Crippen molar-refractivity contribution in [3.63, 3.8) is 0 Å². The molecular formula is C23H20BrF2N3O4. The number of aromatic nitrogens is 2. The van der Waals surface area contributed by atoms with E-state index in [1.54, 1.807) is 36.1 Å². The van der Waals surface area contributed by atoms with Crippen molar-refractivity contribution < 1.29 is 23.0 Å². The van der Waals surface area contributed by atoms with Crippen molar-refractivity contribution >= 4 is 21.8 Å². The number of halogens is 3. The van der Waals surface area contributed by atoms with Gasteiger partial charge in [-0.1, -0.05) is 0 Å². The summed E-state index contributed by atoms with van der Waals surface area (Å²) < 4.78 is 39.2. The molecule has 1 saturated heterocycles. The molecule has 0 radical (unpaired) electrons. The second-order valence-corrected chi connectivity index (χ2v) is 8.19. The molecule has 172 valence electrons. The van der Waals surface area contributed by atoms with Gasteiger partial charge < -0.3 is 14.4 Å². The molecule has 0 bridgehead atoms. The first-order chi connectivity index (χ1) is 15.8. The lowest BCUT2D eigenvalue weighted by atomic mass is 10.1. The summed E-state index contributed by atoms with van der Waals surface area (Å²) >= 11 is 3.21. The summed E-state index contributed by atoms with van der Waals surface area (Å²) in [7, 11) is 0. The van der Waals surface area contributed by atoms with Gasteiger partial charge in [0.1, 0.15) is 28.5 Å². The minimum Gasteiger partial charge on any atom is -0.472 e. The normalized spacial score (nSPS) is 13.8. The number of hydrogen-bond acceptors (Lipinski definition) is 5. The molecule has 10 heteroatoms. The molecule has 0 atom stereocenters. The van der Waals surface area contributed by atoms with Gasteiger partial charge in [-0.2, -0.15) is 4.98 Å². The van der Waals surface area contributed by atoms with E-state index < -0.39 is 17.2 Å². The number of carbonyl (C=O) groups excluding carboxylic acids is 1. The van der Waals surface area contributed by atoms with E-state index in [0.29, 0.717) is 43.4 Å². The van der Waals surface area contributed by atoms with Gasteiger partial charge in [-0.3, -0.25) is 14.2 Å². The zero-order valence-corrected chi connectivity index (χ0v) is 19.3. The van der Waals surface area contributed by atoms with E-state index in [9.17, 15) is 18.4 Å². The van der Waals surface area contributed by atoms with Gasteiger partial charge in [-0.15, -0.1) is 0 Å². The van der Waals surface area contributed by atoms with Crippen LogP contribution in [0, 0.1) is 18.6 Å². The van der Waals surface area contributed by atoms with Crippen LogP contribution in [0.4, 0.5) is 8.78 Å². The molecule has 1 fully saturated rings. The second kappa shape index (κ2) is 9.80. The molecule has 0 saturated carbocycles. The minimum atomic E-state index is -0.747. The fourth-order valence-electron chi connectivity index (χ4n) is 3.47. The SMILES string of the molecule is Cc1nc(OCc2ccc(F)cc2F)c(Br)c(=O)n1-c1ccc(C(=O)N2CCOCC2)cc1. The van der Waals surface area contributed by atoms with Crippen LogP contribution in [0.2, 0.25) is 0 Å². The van der Waals surface area contributed by atoms with Crippen LogP contribution < -0.4 is 10.3 Å². The lowest BCUT2D eigenvalue weighted by Gasteiger charge is -2.26. The van der Waals surface area contributed by atoms with Crippen LogP contribution in [0.25, 0.3) is 5.69 Å². The molecule has 1 aromatic heterocycles. The van der Waals surface area contributed by atoms with Crippen molar-refractivity contribution in [3.05, 3.63) is 85.9 Å². The summed E-state index contributed by atoms with van der Waals surface area (Å²) in [4.78, 5) is 31.7. The Balaban J connectivity index is 1.55. The fourth-order valence-corrected chi connectivity index (χ4v) is 3.85. The maximum atomic E-state index is 13.9. The first kappa shape index (κ1) is 23.1. The first-order valence-corrected chi connectivity index (χ1v) is 11.0. The van der Waals surface area contributed by atoms with Gasteiger partial charge in [0.05, 0.1) is 18.9 Å². The molecule has 4 rings (SSSR count). The van der Waals surface area contributed by atoms with E-state index in [-0.39, 0.29) is 28.4 Å². The predicted molar refractivity (Wildman–Crippen MR) is 120 cm³/mol. The summed E-state index contributed by atoms with van der Waals surface area (Å²) in [6.45, 7) is 3.52. The quantitative estimate of drug-likeness (QED) is 0.514. The minimum absolute atomic E-state index is 0.00316. The highest BCUT2D eigenvalue weighted by molar-refractivity contribution is 9.10. The lowest BCUT2D eigenvalue weighted by Crippen LogP contribution is -2.40. The molecule has 0 spiro atoms. The molecule has 33 heavy (non-hydrogen) atoms. The van der Waals surface area contributed by atoms with E-state index in [1.165, 1.54) is 10.6 Å². The number of carbonyl (C=O) groups is 1. The van der Waals surface area contributed by atoms with Crippen molar-refractivity contribution in [1.29, 1.82) is 0 Å². The fraction of sp³-hybridized carbons (Fsp3) is 0.261. The van der Waals surface area contributed by atoms with Gasteiger partial charge >= 0.3 is 0 Å². The first-order valence-electron chi connectivity index (χ1n) is 10.2. The average molecular weight is 520 g/mol. The van der Waals surface area contributed by atoms with Crippen molar-refractivity contribution in [2.24, 2.45) is 0 Å². The van der Waals surface area contributed by atoms with Crippen LogP contribution in [-0.4, -0.2) is 46.7 Å². The molecule has 0 unspecified atom stereocenters. The van der Waals surface area contributed by atoms with Crippen molar-refractivity contribution in [2.75, 3.05) is 26.3 Å². The number of rotatable bonds is 5. The van der Waals surface area contributed by atoms with Gasteiger partial charge in [0.25, 0.3) is 11.5 Å². The van der Waals surface area contributed by atoms with E-state index in [4.69, 9.17) is 9.47 Å². The highest BCUT2D eigenvalue weighted by Gasteiger charge is 2.20. The molecule has 1 aliphatic heterocycles. The number of ether oxygens (including phenoxy) is 2. The topological polar surface area (TPSA) is 73.7 Å². The highest BCUT2D eigenvalue weighted by Crippen LogP contribution is 2.22. The summed E-state index contributed by atoms with van der Waals surface area (Å²) in [6, 6.07) is 9.82. The number of benzene rings is 2. The Morgan fingerprint density at radius 1 is 1.15 bits per heavy atom. The number of morpholine rings is 1. The van der Waals surface area contributed by atoms with Crippen molar-refractivity contribution in [3.8, 4) is 11.6 Å². The monoisotopic (exact) mass is 519 g/mol. The van der Waals surface area contributed by atoms with Gasteiger partial charge in [-0.25, -0.2) is 8.78 Å². The Bertz CT molecular complexity index is 1240. The third-order valence-corrected chi connectivity index (χ3v) is 5.89. The molecule has 1 amide bonds. The van der Waals surface area contributed by atoms with Crippen molar-refractivity contribution in [1.82, 2.24) is 14.5 Å². The van der Waals surface area contributed by atoms with Crippen LogP contribution in [0.1, 0.15) is 21.7 Å². The summed E-state index contributed by atoms with van der Waals surface area (Å²) in [5, 5.41) is 0. The summed E-state index contributed by atoms with van der Waals surface area (Å²) in [5.74, 6) is -1.19. The Morgan fingerprint density at radius 2 is 1.85 bits per heavy atom. The number of hydrogen-bond donors (Lipinski definition) is 0. The molecule has 3 aromatic rings. The second-order valence-electron chi connectivity index (χ2n) is 7.39. The summed E-state index contributed by atoms with van der Waals surface area (Å²) in [5.41, 5.74) is 0.747. The van der Waals surface area contributed by atoms with Crippen molar-refractivity contribution in [2.45, 2.75) is 13.5 Å². The zero-order chi connectivity index (χ0) is 23.5. The third kappa shape index (κ3) is 4.96. The lowest BCUT2D eigenvalue weighted by molar-refractivity contribution is 0.0303. The van der Waals surface area contributed by atoms with Crippen LogP contribution in [-0.2, 0) is 11.3 Å². The van der Waals surface area contributed by atoms with E-state index in [2.05, 4.69) is 20.9 Å². The Morgan fingerprint density at radius 3 is 2.52 bits per heavy atom. The molecule has 1 aliphatic rings. The van der Waals surface area contributed by atoms with Crippen LogP contribution in [0.15, 0.2) is 51.7 Å². The van der Waals surface area contributed by atoms with Gasteiger partial charge in [0.15, 0.2) is 0 Å². The van der Waals surface area contributed by atoms with Crippen LogP contribution in [0.3, 0.4) is 0 Å². The van der Waals surface area contributed by atoms with E-state index >= 15 is 0 Å². The maximum absolute atomic E-state index is 13.9. The Labute approximate surface area is 196 Å². The molecule has 2 heterocycles. The number of amides is 1. The van der Waals surface area contributed by atoms with Crippen LogP contribution >= 0.6 is 15.9 Å². The van der Waals surface area contributed by atoms with Gasteiger partial charge in [0.2, 0.25) is 5.88 Å². The van der Waals surface area contributed by atoms with Gasteiger partial charge in [0, 0.05) is 30.3 Å². The Hall–Kier alpha value is -3.11. The number of aryl methyl sites for hydroxylation is 1. The number of nitrogens with zero attached hydrogens (tertiary/aromatic N) is 3. The van der Waals surface area contributed by atoms with E-state index in [0.717, 1.165) is 12.1 Å². The van der Waals surface area contributed by atoms with E-state index in [1.807, 2.05) is 0 Å². The Kier molecular flexibility index (Phi) is 6.85. The molecule has 0 aliphatic carbocycles. The largest absolute Gasteiger partial charge is 0.472 e. The molecule has 2 aromatic carbocycles. The maximum Gasteiger partial charge on any atom is 0.276 e. The third-order valence-electron chi connectivity index (χ3n) is 5.22. The zero-order valence-electron chi connectivity index (χ0n) is 17.7. The smallest absolute Gasteiger partial charge is 0.276 e. The highest BCUT2D eigenvalue weighted by atomic mass is 79.9. The predicted octanol–water partition coefficient (Wildman–Crippen LogP) is 3.63. The standard InChI is InChI=1S/C23H20BrF2N3O4/c1-14-27-21(33-13-16-2-5-17(25)12-19(16)26)20(24)23(31)29(14)18-6-3-15(4-7-18)22(30)28-8-10-32-11-9-28/h2-7,12H,8-11,13H2,1H3. The average Bonchev–Trinajstić information content (AvgIpc) is 2.82. The molecule has 7 nitrogen and oxygen atoms in total. The van der Waals surface area contributed by atoms with Crippen LogP contribution in [0.5, 0.6) is 5.88 Å². The molecule has 0 N–H and O–H groups in total. The summed E-state index contributed by atoms with van der Waals surface area (Å²) in [6.07, 6.45) is 0. The van der Waals surface area contributed by atoms with Gasteiger partial charge in [-0.05, 0) is 59.3 Å². The molecular weight excluding hydrogens is 500 g/mol.